The van der Waals surface area contributed by atoms with Gasteiger partial charge in [-0.1, -0.05) is 29.3 Å². The van der Waals surface area contributed by atoms with Crippen LogP contribution in [-0.4, -0.2) is 16.8 Å². The molecule has 1 heterocycles. The summed E-state index contributed by atoms with van der Waals surface area (Å²) < 4.78 is 14.9. The van der Waals surface area contributed by atoms with Crippen molar-refractivity contribution in [2.75, 3.05) is 7.05 Å². The van der Waals surface area contributed by atoms with E-state index in [1.165, 1.54) is 6.07 Å². The van der Waals surface area contributed by atoms with Crippen molar-refractivity contribution in [2.24, 2.45) is 7.05 Å². The van der Waals surface area contributed by atoms with Gasteiger partial charge in [-0.15, -0.1) is 0 Å². The zero-order chi connectivity index (χ0) is 13.3. The van der Waals surface area contributed by atoms with Gasteiger partial charge in [0.15, 0.2) is 0 Å². The number of halogens is 3. The molecule has 0 bridgehead atoms. The number of nitrogens with one attached hydrogen (secondary N) is 1. The third kappa shape index (κ3) is 2.36. The summed E-state index contributed by atoms with van der Waals surface area (Å²) in [6.07, 6.45) is 1.58. The SMILES string of the molecule is CNC(c1ccc(F)c(Cl)c1)c1c(Cl)cnn1C. The largest absolute Gasteiger partial charge is 0.308 e. The monoisotopic (exact) mass is 287 g/mol. The van der Waals surface area contributed by atoms with E-state index in [0.717, 1.165) is 11.3 Å². The van der Waals surface area contributed by atoms with Gasteiger partial charge in [-0.05, 0) is 24.7 Å². The van der Waals surface area contributed by atoms with Gasteiger partial charge < -0.3 is 5.32 Å². The molecule has 96 valence electrons. The van der Waals surface area contributed by atoms with E-state index in [4.69, 9.17) is 23.2 Å². The molecule has 0 amide bonds. The standard InChI is InChI=1S/C12H12Cl2FN3/c1-16-11(12-9(14)6-17-18(12)2)7-3-4-10(15)8(13)5-7/h3-6,11,16H,1-2H3. The summed E-state index contributed by atoms with van der Waals surface area (Å²) in [5, 5.41) is 7.85. The number of benzene rings is 1. The van der Waals surface area contributed by atoms with Crippen LogP contribution >= 0.6 is 23.2 Å². The van der Waals surface area contributed by atoms with Gasteiger partial charge in [0.2, 0.25) is 0 Å². The third-order valence-electron chi connectivity index (χ3n) is 2.78. The molecule has 1 atom stereocenters. The van der Waals surface area contributed by atoms with Gasteiger partial charge in [0, 0.05) is 7.05 Å². The van der Waals surface area contributed by atoms with Crippen LogP contribution in [0.5, 0.6) is 0 Å². The van der Waals surface area contributed by atoms with Gasteiger partial charge in [-0.25, -0.2) is 4.39 Å². The number of hydrogen-bond donors (Lipinski definition) is 1. The molecule has 1 aromatic carbocycles. The maximum Gasteiger partial charge on any atom is 0.141 e. The van der Waals surface area contributed by atoms with Gasteiger partial charge in [0.1, 0.15) is 5.82 Å². The molecule has 0 aliphatic heterocycles. The molecule has 0 aliphatic rings. The summed E-state index contributed by atoms with van der Waals surface area (Å²) in [5.41, 5.74) is 1.64. The van der Waals surface area contributed by atoms with E-state index >= 15 is 0 Å². The van der Waals surface area contributed by atoms with Gasteiger partial charge in [0.05, 0.1) is 28.0 Å². The first-order valence-electron chi connectivity index (χ1n) is 5.34. The van der Waals surface area contributed by atoms with Gasteiger partial charge in [-0.3, -0.25) is 4.68 Å². The molecule has 0 saturated carbocycles. The molecule has 1 unspecified atom stereocenters. The fourth-order valence-corrected chi connectivity index (χ4v) is 2.36. The lowest BCUT2D eigenvalue weighted by Gasteiger charge is -2.18. The minimum Gasteiger partial charge on any atom is -0.308 e. The predicted octanol–water partition coefficient (Wildman–Crippen LogP) is 3.17. The van der Waals surface area contributed by atoms with Crippen LogP contribution in [0.4, 0.5) is 4.39 Å². The second-order valence-electron chi connectivity index (χ2n) is 3.90. The molecular formula is C12H12Cl2FN3. The van der Waals surface area contributed by atoms with E-state index in [2.05, 4.69) is 10.4 Å². The average Bonchev–Trinajstić information content (AvgIpc) is 2.66. The highest BCUT2D eigenvalue weighted by atomic mass is 35.5. The first-order valence-corrected chi connectivity index (χ1v) is 6.09. The summed E-state index contributed by atoms with van der Waals surface area (Å²) in [7, 11) is 3.60. The van der Waals surface area contributed by atoms with E-state index in [1.54, 1.807) is 37.1 Å². The predicted molar refractivity (Wildman–Crippen MR) is 70.5 cm³/mol. The average molecular weight is 288 g/mol. The van der Waals surface area contributed by atoms with Gasteiger partial charge >= 0.3 is 0 Å². The highest BCUT2D eigenvalue weighted by Gasteiger charge is 2.20. The Morgan fingerprint density at radius 3 is 2.56 bits per heavy atom. The first-order chi connectivity index (χ1) is 8.54. The normalized spacial score (nSPS) is 12.7. The van der Waals surface area contributed by atoms with Crippen LogP contribution in [0.1, 0.15) is 17.3 Å². The van der Waals surface area contributed by atoms with Crippen LogP contribution in [0, 0.1) is 5.82 Å². The second-order valence-corrected chi connectivity index (χ2v) is 4.71. The van der Waals surface area contributed by atoms with Crippen LogP contribution in [0.15, 0.2) is 24.4 Å². The summed E-state index contributed by atoms with van der Waals surface area (Å²) in [6.45, 7) is 0. The Kier molecular flexibility index (Phi) is 3.90. The maximum atomic E-state index is 13.2. The van der Waals surface area contributed by atoms with Crippen LogP contribution in [0.3, 0.4) is 0 Å². The molecule has 0 spiro atoms. The number of aryl methyl sites for hydroxylation is 1. The summed E-state index contributed by atoms with van der Waals surface area (Å²) in [6, 6.07) is 4.41. The molecule has 0 fully saturated rings. The maximum absolute atomic E-state index is 13.2. The van der Waals surface area contributed by atoms with E-state index in [9.17, 15) is 4.39 Å². The molecule has 3 nitrogen and oxygen atoms in total. The lowest BCUT2D eigenvalue weighted by atomic mass is 10.0. The minimum absolute atomic E-state index is 0.0889. The Morgan fingerprint density at radius 2 is 2.06 bits per heavy atom. The zero-order valence-electron chi connectivity index (χ0n) is 9.92. The van der Waals surface area contributed by atoms with Crippen molar-refractivity contribution in [3.63, 3.8) is 0 Å². The van der Waals surface area contributed by atoms with Crippen molar-refractivity contribution in [1.29, 1.82) is 0 Å². The lowest BCUT2D eigenvalue weighted by molar-refractivity contribution is 0.600. The van der Waals surface area contributed by atoms with Crippen LogP contribution in [0.2, 0.25) is 10.0 Å². The Labute approximate surface area is 115 Å². The van der Waals surface area contributed by atoms with Crippen molar-refractivity contribution in [3.8, 4) is 0 Å². The Hall–Kier alpha value is -1.10. The number of aromatic nitrogens is 2. The van der Waals surface area contributed by atoms with Crippen molar-refractivity contribution in [3.05, 3.63) is 51.5 Å². The van der Waals surface area contributed by atoms with Crippen LogP contribution < -0.4 is 5.32 Å². The Morgan fingerprint density at radius 1 is 1.33 bits per heavy atom. The molecule has 0 aliphatic carbocycles. The molecular weight excluding hydrogens is 276 g/mol. The van der Waals surface area contributed by atoms with Crippen molar-refractivity contribution in [2.45, 2.75) is 6.04 Å². The van der Waals surface area contributed by atoms with Crippen LogP contribution in [-0.2, 0) is 7.05 Å². The molecule has 6 heteroatoms. The van der Waals surface area contributed by atoms with Crippen LogP contribution in [0.25, 0.3) is 0 Å². The number of rotatable bonds is 3. The number of hydrogen-bond acceptors (Lipinski definition) is 2. The second kappa shape index (κ2) is 5.26. The Bertz CT molecular complexity index is 549. The molecule has 2 rings (SSSR count). The summed E-state index contributed by atoms with van der Waals surface area (Å²) >= 11 is 11.9. The molecule has 2 aromatic rings. The first kappa shape index (κ1) is 13.3. The lowest BCUT2D eigenvalue weighted by Crippen LogP contribution is -2.21. The van der Waals surface area contributed by atoms with E-state index in [-0.39, 0.29) is 11.1 Å². The van der Waals surface area contributed by atoms with Crippen molar-refractivity contribution >= 4 is 23.2 Å². The van der Waals surface area contributed by atoms with Gasteiger partial charge in [0.25, 0.3) is 0 Å². The molecule has 18 heavy (non-hydrogen) atoms. The Balaban J connectivity index is 2.48. The fourth-order valence-electron chi connectivity index (χ4n) is 1.90. The van der Waals surface area contributed by atoms with Gasteiger partial charge in [-0.2, -0.15) is 5.10 Å². The minimum atomic E-state index is -0.439. The molecule has 0 saturated heterocycles. The van der Waals surface area contributed by atoms with Crippen molar-refractivity contribution < 1.29 is 4.39 Å². The number of nitrogens with zero attached hydrogens (tertiary/aromatic N) is 2. The molecule has 0 radical (unpaired) electrons. The highest BCUT2D eigenvalue weighted by Crippen LogP contribution is 2.29. The van der Waals surface area contributed by atoms with E-state index in [1.807, 2.05) is 0 Å². The third-order valence-corrected chi connectivity index (χ3v) is 3.36. The van der Waals surface area contributed by atoms with E-state index in [0.29, 0.717) is 5.02 Å². The highest BCUT2D eigenvalue weighted by molar-refractivity contribution is 6.31. The fraction of sp³-hybridized carbons (Fsp3) is 0.250. The summed E-state index contributed by atoms with van der Waals surface area (Å²) in [4.78, 5) is 0. The summed E-state index contributed by atoms with van der Waals surface area (Å²) in [5.74, 6) is -0.439. The smallest absolute Gasteiger partial charge is 0.141 e. The molecule has 1 aromatic heterocycles. The van der Waals surface area contributed by atoms with Crippen molar-refractivity contribution in [1.82, 2.24) is 15.1 Å². The zero-order valence-corrected chi connectivity index (χ0v) is 11.4. The van der Waals surface area contributed by atoms with E-state index < -0.39 is 5.82 Å². The topological polar surface area (TPSA) is 29.9 Å². The quantitative estimate of drug-likeness (QED) is 0.940. The molecule has 1 N–H and O–H groups in total.